The van der Waals surface area contributed by atoms with Crippen LogP contribution in [-0.2, 0) is 6.54 Å². The fourth-order valence-corrected chi connectivity index (χ4v) is 3.91. The fourth-order valence-electron chi connectivity index (χ4n) is 2.80. The highest BCUT2D eigenvalue weighted by Crippen LogP contribution is 2.27. The van der Waals surface area contributed by atoms with Gasteiger partial charge in [0.2, 0.25) is 5.95 Å². The van der Waals surface area contributed by atoms with Crippen LogP contribution in [0.3, 0.4) is 0 Å². The molecule has 9 heteroatoms. The fraction of sp³-hybridized carbons (Fsp3) is 0.136. The Kier molecular flexibility index (Phi) is 6.56. The van der Waals surface area contributed by atoms with E-state index in [-0.39, 0.29) is 12.5 Å². The molecule has 4 rings (SSSR count). The molecule has 2 aromatic heterocycles. The predicted molar refractivity (Wildman–Crippen MR) is 124 cm³/mol. The van der Waals surface area contributed by atoms with E-state index in [0.29, 0.717) is 34.1 Å². The summed E-state index contributed by atoms with van der Waals surface area (Å²) in [6.07, 6.45) is 0. The molecule has 2 heterocycles. The van der Waals surface area contributed by atoms with E-state index < -0.39 is 0 Å². The number of thiophene rings is 1. The highest BCUT2D eigenvalue weighted by atomic mass is 35.5. The number of nitrogens with zero attached hydrogens (tertiary/aromatic N) is 3. The Labute approximate surface area is 193 Å². The van der Waals surface area contributed by atoms with Gasteiger partial charge in [0.1, 0.15) is 5.75 Å². The minimum Gasteiger partial charge on any atom is -0.482 e. The minimum atomic E-state index is -0.384. The van der Waals surface area contributed by atoms with Crippen LogP contribution in [0.4, 0.5) is 5.95 Å². The third-order valence-corrected chi connectivity index (χ3v) is 5.81. The first-order chi connectivity index (χ1) is 15.0. The first-order valence-electron chi connectivity index (χ1n) is 9.41. The lowest BCUT2D eigenvalue weighted by Crippen LogP contribution is -2.22. The van der Waals surface area contributed by atoms with E-state index in [0.717, 1.165) is 16.0 Å². The molecule has 0 fully saturated rings. The molecule has 0 saturated heterocycles. The van der Waals surface area contributed by atoms with E-state index >= 15 is 0 Å². The number of rotatable bonds is 7. The highest BCUT2D eigenvalue weighted by molar-refractivity contribution is 7.09. The maximum absolute atomic E-state index is 12.9. The average molecular weight is 473 g/mol. The van der Waals surface area contributed by atoms with Crippen LogP contribution in [0.2, 0.25) is 10.0 Å². The number of ether oxygens (including phenoxy) is 1. The Hall–Kier alpha value is -2.87. The summed E-state index contributed by atoms with van der Waals surface area (Å²) in [5.74, 6) is 0.781. The lowest BCUT2D eigenvalue weighted by molar-refractivity contribution is 0.0824. The monoisotopic (exact) mass is 472 g/mol. The van der Waals surface area contributed by atoms with Gasteiger partial charge < -0.3 is 10.1 Å². The van der Waals surface area contributed by atoms with Crippen molar-refractivity contribution in [2.75, 3.05) is 11.9 Å². The predicted octanol–water partition coefficient (Wildman–Crippen LogP) is 5.95. The summed E-state index contributed by atoms with van der Waals surface area (Å²) in [6.45, 7) is 2.28. The summed E-state index contributed by atoms with van der Waals surface area (Å²) in [6, 6.07) is 16.6. The number of aromatic nitrogens is 3. The second-order valence-electron chi connectivity index (χ2n) is 6.73. The molecule has 0 unspecified atom stereocenters. The van der Waals surface area contributed by atoms with Crippen LogP contribution in [-0.4, -0.2) is 27.3 Å². The molecular weight excluding hydrogens is 455 g/mol. The summed E-state index contributed by atoms with van der Waals surface area (Å²) < 4.78 is 6.82. The molecule has 31 heavy (non-hydrogen) atoms. The van der Waals surface area contributed by atoms with E-state index in [1.54, 1.807) is 29.5 Å². The number of anilines is 1. The van der Waals surface area contributed by atoms with Gasteiger partial charge in [-0.1, -0.05) is 59.1 Å². The summed E-state index contributed by atoms with van der Waals surface area (Å²) in [5, 5.41) is 10.4. The second-order valence-corrected chi connectivity index (χ2v) is 8.60. The second kappa shape index (κ2) is 9.51. The molecule has 0 spiro atoms. The summed E-state index contributed by atoms with van der Waals surface area (Å²) in [5.41, 5.74) is 1.95. The van der Waals surface area contributed by atoms with Crippen LogP contribution in [0, 0.1) is 6.92 Å². The highest BCUT2D eigenvalue weighted by Gasteiger charge is 2.18. The molecule has 0 amide bonds. The lowest BCUT2D eigenvalue weighted by Gasteiger charge is -2.09. The molecule has 0 atom stereocenters. The normalized spacial score (nSPS) is 10.8. The van der Waals surface area contributed by atoms with Gasteiger partial charge in [0.25, 0.3) is 5.91 Å². The van der Waals surface area contributed by atoms with Gasteiger partial charge in [0.15, 0.2) is 12.4 Å². The molecular formula is C22H18Cl2N4O2S. The van der Waals surface area contributed by atoms with Crippen molar-refractivity contribution in [3.8, 4) is 17.1 Å². The van der Waals surface area contributed by atoms with Gasteiger partial charge in [0, 0.05) is 15.5 Å². The number of aryl methyl sites for hydroxylation is 1. The van der Waals surface area contributed by atoms with Crippen LogP contribution < -0.4 is 10.1 Å². The minimum absolute atomic E-state index is 0.258. The standard InChI is InChI=1S/C22H18Cl2N4O2S/c1-14-4-6-15(7-5-14)21-26-22(25-12-17-3-2-10-31-17)28(27-21)20(29)13-30-19-9-8-16(23)11-18(19)24/h2-11H,12-13H2,1H3,(H,25,26,27). The van der Waals surface area contributed by atoms with E-state index in [9.17, 15) is 4.79 Å². The average Bonchev–Trinajstić information content (AvgIpc) is 3.42. The van der Waals surface area contributed by atoms with Gasteiger partial charge in [-0.15, -0.1) is 16.4 Å². The smallest absolute Gasteiger partial charge is 0.287 e. The van der Waals surface area contributed by atoms with Crippen LogP contribution in [0.25, 0.3) is 11.4 Å². The van der Waals surface area contributed by atoms with Crippen LogP contribution in [0.15, 0.2) is 60.0 Å². The van der Waals surface area contributed by atoms with E-state index in [4.69, 9.17) is 27.9 Å². The number of halogens is 2. The zero-order valence-electron chi connectivity index (χ0n) is 16.5. The quantitative estimate of drug-likeness (QED) is 0.359. The van der Waals surface area contributed by atoms with Crippen molar-refractivity contribution in [3.05, 3.63) is 80.5 Å². The maximum Gasteiger partial charge on any atom is 0.287 e. The first-order valence-corrected chi connectivity index (χ1v) is 11.0. The molecule has 0 aliphatic carbocycles. The van der Waals surface area contributed by atoms with E-state index in [2.05, 4.69) is 15.4 Å². The number of carbonyl (C=O) groups is 1. The molecule has 6 nitrogen and oxygen atoms in total. The number of hydrogen-bond acceptors (Lipinski definition) is 6. The van der Waals surface area contributed by atoms with E-state index in [1.807, 2.05) is 48.7 Å². The summed E-state index contributed by atoms with van der Waals surface area (Å²) >= 11 is 13.7. The van der Waals surface area contributed by atoms with Gasteiger partial charge in [-0.3, -0.25) is 4.79 Å². The molecule has 0 radical (unpaired) electrons. The van der Waals surface area contributed by atoms with Crippen molar-refractivity contribution < 1.29 is 9.53 Å². The molecule has 158 valence electrons. The third kappa shape index (κ3) is 5.25. The molecule has 0 saturated carbocycles. The Morgan fingerprint density at radius 2 is 1.97 bits per heavy atom. The van der Waals surface area contributed by atoms with Crippen molar-refractivity contribution in [2.24, 2.45) is 0 Å². The van der Waals surface area contributed by atoms with Crippen molar-refractivity contribution >= 4 is 46.4 Å². The van der Waals surface area contributed by atoms with Gasteiger partial charge in [-0.25, -0.2) is 0 Å². The molecule has 2 aromatic carbocycles. The zero-order valence-corrected chi connectivity index (χ0v) is 18.8. The van der Waals surface area contributed by atoms with Crippen LogP contribution >= 0.6 is 34.5 Å². The van der Waals surface area contributed by atoms with E-state index in [1.165, 1.54) is 4.68 Å². The van der Waals surface area contributed by atoms with Crippen molar-refractivity contribution in [2.45, 2.75) is 13.5 Å². The molecule has 0 aliphatic heterocycles. The number of nitrogens with one attached hydrogen (secondary N) is 1. The maximum atomic E-state index is 12.9. The first kappa shape index (κ1) is 21.4. The zero-order chi connectivity index (χ0) is 21.8. The Bertz CT molecular complexity index is 1190. The Balaban J connectivity index is 1.57. The lowest BCUT2D eigenvalue weighted by atomic mass is 10.1. The summed E-state index contributed by atoms with van der Waals surface area (Å²) in [7, 11) is 0. The number of hydrogen-bond donors (Lipinski definition) is 1. The molecule has 0 aliphatic rings. The molecule has 1 N–H and O–H groups in total. The molecule has 4 aromatic rings. The largest absolute Gasteiger partial charge is 0.482 e. The van der Waals surface area contributed by atoms with Crippen molar-refractivity contribution in [1.82, 2.24) is 14.8 Å². The SMILES string of the molecule is Cc1ccc(-c2nc(NCc3cccs3)n(C(=O)COc3ccc(Cl)cc3Cl)n2)cc1. The Morgan fingerprint density at radius 3 is 2.68 bits per heavy atom. The van der Waals surface area contributed by atoms with Gasteiger partial charge >= 0.3 is 0 Å². The van der Waals surface area contributed by atoms with Crippen molar-refractivity contribution in [1.29, 1.82) is 0 Å². The molecule has 0 bridgehead atoms. The third-order valence-electron chi connectivity index (χ3n) is 4.40. The van der Waals surface area contributed by atoms with Gasteiger partial charge in [-0.05, 0) is 36.6 Å². The summed E-state index contributed by atoms with van der Waals surface area (Å²) in [4.78, 5) is 18.6. The number of benzene rings is 2. The van der Waals surface area contributed by atoms with Crippen LogP contribution in [0.1, 0.15) is 15.2 Å². The van der Waals surface area contributed by atoms with Gasteiger partial charge in [0.05, 0.1) is 11.6 Å². The van der Waals surface area contributed by atoms with Crippen molar-refractivity contribution in [3.63, 3.8) is 0 Å². The Morgan fingerprint density at radius 1 is 1.16 bits per heavy atom. The van der Waals surface area contributed by atoms with Gasteiger partial charge in [-0.2, -0.15) is 9.67 Å². The topological polar surface area (TPSA) is 69.0 Å². The number of carbonyl (C=O) groups excluding carboxylic acids is 1. The van der Waals surface area contributed by atoms with Crippen LogP contribution in [0.5, 0.6) is 5.75 Å².